The Hall–Kier alpha value is -1.35. The summed E-state index contributed by atoms with van der Waals surface area (Å²) in [7, 11) is 0. The number of aliphatic hydroxyl groups excluding tert-OH is 10. The van der Waals surface area contributed by atoms with Crippen LogP contribution in [0.1, 0.15) is 123 Å². The monoisotopic (exact) mass is 795 g/mol. The van der Waals surface area contributed by atoms with Crippen LogP contribution in [0.25, 0.3) is 0 Å². The molecule has 2 heterocycles. The molecule has 16 heteroatoms. The van der Waals surface area contributed by atoms with Gasteiger partial charge in [0.15, 0.2) is 12.6 Å². The van der Waals surface area contributed by atoms with Gasteiger partial charge in [0.2, 0.25) is 5.91 Å². The van der Waals surface area contributed by atoms with Crippen LogP contribution in [0.15, 0.2) is 12.2 Å². The third-order valence-corrected chi connectivity index (χ3v) is 10.4. The molecule has 16 nitrogen and oxygen atoms in total. The molecule has 0 aromatic rings. The Morgan fingerprint density at radius 1 is 0.655 bits per heavy atom. The summed E-state index contributed by atoms with van der Waals surface area (Å²) in [5.74, 6) is -0.778. The Labute approximate surface area is 326 Å². The molecule has 14 unspecified atom stereocenters. The van der Waals surface area contributed by atoms with E-state index in [1.54, 1.807) is 0 Å². The largest absolute Gasteiger partial charge is 0.394 e. The highest BCUT2D eigenvalue weighted by molar-refractivity contribution is 5.80. The zero-order valence-electron chi connectivity index (χ0n) is 32.9. The molecule has 2 fully saturated rings. The second kappa shape index (κ2) is 28.1. The van der Waals surface area contributed by atoms with E-state index in [4.69, 9.17) is 18.9 Å². The fourth-order valence-electron chi connectivity index (χ4n) is 6.80. The molecule has 2 saturated heterocycles. The maximum absolute atomic E-state index is 13.0. The summed E-state index contributed by atoms with van der Waals surface area (Å²) in [4.78, 5) is 13.0. The van der Waals surface area contributed by atoms with Crippen LogP contribution in [0.4, 0.5) is 0 Å². The number of allylic oxidation sites excluding steroid dienone is 2. The quantitative estimate of drug-likeness (QED) is 0.0362. The van der Waals surface area contributed by atoms with Gasteiger partial charge >= 0.3 is 0 Å². The molecule has 11 N–H and O–H groups in total. The lowest BCUT2D eigenvalue weighted by Gasteiger charge is -2.46. The van der Waals surface area contributed by atoms with Crippen molar-refractivity contribution in [2.75, 3.05) is 19.8 Å². The van der Waals surface area contributed by atoms with Gasteiger partial charge in [-0.15, -0.1) is 0 Å². The van der Waals surface area contributed by atoms with Gasteiger partial charge in [0.25, 0.3) is 0 Å². The molecular formula is C39H73NO15. The van der Waals surface area contributed by atoms with E-state index in [1.807, 2.05) is 0 Å². The zero-order valence-corrected chi connectivity index (χ0v) is 32.9. The lowest BCUT2D eigenvalue weighted by molar-refractivity contribution is -0.359. The predicted molar refractivity (Wildman–Crippen MR) is 201 cm³/mol. The van der Waals surface area contributed by atoms with Gasteiger partial charge in [-0.3, -0.25) is 4.79 Å². The van der Waals surface area contributed by atoms with E-state index in [0.29, 0.717) is 12.8 Å². The Morgan fingerprint density at radius 3 is 1.80 bits per heavy atom. The van der Waals surface area contributed by atoms with Gasteiger partial charge in [0.1, 0.15) is 61.0 Å². The van der Waals surface area contributed by atoms with Gasteiger partial charge in [-0.05, 0) is 38.5 Å². The lowest BCUT2D eigenvalue weighted by atomic mass is 9.97. The molecule has 0 aliphatic carbocycles. The summed E-state index contributed by atoms with van der Waals surface area (Å²) >= 11 is 0. The SMILES string of the molecule is CCCCCCCC=CCCCCC(O)C(O)C(COC1OC(CO)C(OC2OC(CO)C(O)C(O)C2O)C(O)C1O)NC(=O)C(O)CCCCCCCC. The second-order valence-electron chi connectivity index (χ2n) is 15.0. The van der Waals surface area contributed by atoms with Crippen molar-refractivity contribution in [3.63, 3.8) is 0 Å². The van der Waals surface area contributed by atoms with Crippen LogP contribution in [0.3, 0.4) is 0 Å². The van der Waals surface area contributed by atoms with E-state index in [1.165, 1.54) is 25.7 Å². The fraction of sp³-hybridized carbons (Fsp3) is 0.923. The van der Waals surface area contributed by atoms with Crippen LogP contribution in [0.5, 0.6) is 0 Å². The molecule has 0 radical (unpaired) electrons. The molecule has 0 saturated carbocycles. The number of aliphatic hydroxyl groups is 10. The molecule has 0 bridgehead atoms. The van der Waals surface area contributed by atoms with Crippen molar-refractivity contribution < 1.29 is 74.8 Å². The van der Waals surface area contributed by atoms with Gasteiger partial charge in [0, 0.05) is 0 Å². The summed E-state index contributed by atoms with van der Waals surface area (Å²) < 4.78 is 22.3. The van der Waals surface area contributed by atoms with Crippen molar-refractivity contribution in [1.29, 1.82) is 0 Å². The number of unbranched alkanes of at least 4 members (excludes halogenated alkanes) is 12. The zero-order chi connectivity index (χ0) is 40.8. The smallest absolute Gasteiger partial charge is 0.249 e. The minimum atomic E-state index is -1.85. The van der Waals surface area contributed by atoms with Crippen molar-refractivity contribution in [2.24, 2.45) is 0 Å². The summed E-state index contributed by atoms with van der Waals surface area (Å²) in [5.41, 5.74) is 0. The molecule has 14 atom stereocenters. The van der Waals surface area contributed by atoms with Crippen molar-refractivity contribution in [3.8, 4) is 0 Å². The van der Waals surface area contributed by atoms with E-state index in [9.17, 15) is 55.9 Å². The number of nitrogens with one attached hydrogen (secondary N) is 1. The van der Waals surface area contributed by atoms with E-state index in [-0.39, 0.29) is 12.8 Å². The predicted octanol–water partition coefficient (Wildman–Crippen LogP) is 0.422. The van der Waals surface area contributed by atoms with Crippen molar-refractivity contribution in [3.05, 3.63) is 12.2 Å². The number of carbonyl (C=O) groups excluding carboxylic acids is 1. The van der Waals surface area contributed by atoms with Gasteiger partial charge in [-0.2, -0.15) is 0 Å². The van der Waals surface area contributed by atoms with Crippen LogP contribution >= 0.6 is 0 Å². The van der Waals surface area contributed by atoms with Crippen molar-refractivity contribution >= 4 is 5.91 Å². The normalized spacial score (nSPS) is 31.0. The van der Waals surface area contributed by atoms with E-state index in [0.717, 1.165) is 57.8 Å². The van der Waals surface area contributed by atoms with E-state index >= 15 is 0 Å². The van der Waals surface area contributed by atoms with Crippen LogP contribution in [-0.2, 0) is 23.7 Å². The number of hydrogen-bond donors (Lipinski definition) is 11. The highest BCUT2D eigenvalue weighted by Crippen LogP contribution is 2.30. The first-order valence-electron chi connectivity index (χ1n) is 20.6. The second-order valence-corrected chi connectivity index (χ2v) is 15.0. The molecule has 2 aliphatic heterocycles. The van der Waals surface area contributed by atoms with Gasteiger partial charge in [0.05, 0.1) is 32.0 Å². The molecule has 55 heavy (non-hydrogen) atoms. The minimum Gasteiger partial charge on any atom is -0.394 e. The molecule has 1 amide bonds. The average molecular weight is 796 g/mol. The van der Waals surface area contributed by atoms with Crippen LogP contribution in [0, 0.1) is 0 Å². The Kier molecular flexibility index (Phi) is 25.5. The summed E-state index contributed by atoms with van der Waals surface area (Å²) in [6, 6.07) is -1.28. The number of rotatable bonds is 29. The van der Waals surface area contributed by atoms with E-state index in [2.05, 4.69) is 31.3 Å². The Bertz CT molecular complexity index is 1020. The summed E-state index contributed by atoms with van der Waals surface area (Å²) in [5, 5.41) is 107. The third kappa shape index (κ3) is 17.2. The Morgan fingerprint density at radius 2 is 1.18 bits per heavy atom. The number of carbonyl (C=O) groups is 1. The van der Waals surface area contributed by atoms with Crippen molar-refractivity contribution in [2.45, 2.75) is 209 Å². The maximum atomic E-state index is 13.0. The topological polar surface area (TPSA) is 268 Å². The summed E-state index contributed by atoms with van der Waals surface area (Å²) in [6.07, 6.45) is -1.07. The Balaban J connectivity index is 2.03. The van der Waals surface area contributed by atoms with E-state index < -0.39 is 111 Å². The van der Waals surface area contributed by atoms with Crippen LogP contribution in [0.2, 0.25) is 0 Å². The number of amides is 1. The van der Waals surface area contributed by atoms with Crippen molar-refractivity contribution in [1.82, 2.24) is 5.32 Å². The molecular weight excluding hydrogens is 722 g/mol. The molecule has 324 valence electrons. The molecule has 0 spiro atoms. The van der Waals surface area contributed by atoms with Gasteiger partial charge in [-0.1, -0.05) is 96.6 Å². The van der Waals surface area contributed by atoms with Gasteiger partial charge in [-0.25, -0.2) is 0 Å². The molecule has 2 aliphatic rings. The average Bonchev–Trinajstić information content (AvgIpc) is 3.18. The number of ether oxygens (including phenoxy) is 4. The first-order chi connectivity index (χ1) is 26.4. The summed E-state index contributed by atoms with van der Waals surface area (Å²) in [6.45, 7) is 2.24. The number of hydrogen-bond acceptors (Lipinski definition) is 15. The molecule has 0 aromatic heterocycles. The third-order valence-electron chi connectivity index (χ3n) is 10.4. The highest BCUT2D eigenvalue weighted by Gasteiger charge is 2.51. The lowest BCUT2D eigenvalue weighted by Crippen LogP contribution is -2.65. The first kappa shape index (κ1) is 49.8. The first-order valence-corrected chi connectivity index (χ1v) is 20.6. The molecule has 0 aromatic carbocycles. The highest BCUT2D eigenvalue weighted by atomic mass is 16.7. The van der Waals surface area contributed by atoms with Gasteiger partial charge < -0.3 is 75.3 Å². The maximum Gasteiger partial charge on any atom is 0.249 e. The fourth-order valence-corrected chi connectivity index (χ4v) is 6.80. The van der Waals surface area contributed by atoms with Crippen LogP contribution < -0.4 is 5.32 Å². The standard InChI is InChI=1S/C39H73NO15/c1-3-5-7-9-11-12-13-14-15-17-18-20-26(43)30(45)25(40-37(51)27(44)21-19-16-10-8-6-4-2)24-52-38-35(50)33(48)36(29(23-42)54-38)55-39-34(49)32(47)31(46)28(22-41)53-39/h13-14,25-36,38-39,41-50H,3-12,15-24H2,1-2H3,(H,40,51). The van der Waals surface area contributed by atoms with Crippen LogP contribution in [-0.4, -0.2) is 163 Å². The minimum absolute atomic E-state index is 0.196. The molecule has 2 rings (SSSR count).